The largest absolute Gasteiger partial charge is 0.301 e. The quantitative estimate of drug-likeness (QED) is 0.659. The molecule has 0 aromatic carbocycles. The number of hydrogen-bond acceptors (Lipinski definition) is 4. The van der Waals surface area contributed by atoms with Crippen molar-refractivity contribution >= 4 is 49.6 Å². The van der Waals surface area contributed by atoms with Gasteiger partial charge < -0.3 is 5.32 Å². The molecule has 0 spiro atoms. The summed E-state index contributed by atoms with van der Waals surface area (Å²) in [4.78, 5) is 18.9. The Morgan fingerprint density at radius 1 is 1.25 bits per heavy atom. The third-order valence-electron chi connectivity index (χ3n) is 5.97. The van der Waals surface area contributed by atoms with E-state index in [0.717, 1.165) is 35.0 Å². The lowest BCUT2D eigenvalue weighted by atomic mass is 9.49. The molecular formula is C18H19BrN2OS2. The molecule has 4 aliphatic carbocycles. The first-order valence-electron chi connectivity index (χ1n) is 8.53. The molecule has 4 saturated carbocycles. The van der Waals surface area contributed by atoms with Crippen molar-refractivity contribution in [3.05, 3.63) is 22.9 Å². The van der Waals surface area contributed by atoms with Crippen LogP contribution >= 0.6 is 38.6 Å². The van der Waals surface area contributed by atoms with Gasteiger partial charge in [-0.05, 0) is 61.8 Å². The van der Waals surface area contributed by atoms with Gasteiger partial charge in [0.1, 0.15) is 0 Å². The summed E-state index contributed by atoms with van der Waals surface area (Å²) >= 11 is 7.20. The number of rotatable bonds is 3. The maximum absolute atomic E-state index is 13.1. The van der Waals surface area contributed by atoms with Gasteiger partial charge in [-0.3, -0.25) is 4.79 Å². The number of aromatic nitrogens is 1. The van der Waals surface area contributed by atoms with E-state index >= 15 is 0 Å². The molecule has 0 radical (unpaired) electrons. The lowest BCUT2D eigenvalue weighted by Crippen LogP contribution is -2.57. The molecule has 3 nitrogen and oxygen atoms in total. The molecule has 2 unspecified atom stereocenters. The Kier molecular flexibility index (Phi) is 3.48. The highest BCUT2D eigenvalue weighted by Gasteiger charge is 2.59. The first-order chi connectivity index (χ1) is 11.5. The van der Waals surface area contributed by atoms with Crippen LogP contribution in [0.2, 0.25) is 0 Å². The summed E-state index contributed by atoms with van der Waals surface area (Å²) in [6, 6.07) is 4.10. The summed E-state index contributed by atoms with van der Waals surface area (Å²) in [7, 11) is 0. The number of carbonyl (C=O) groups is 1. The van der Waals surface area contributed by atoms with Gasteiger partial charge >= 0.3 is 0 Å². The zero-order valence-corrected chi connectivity index (χ0v) is 16.5. The predicted molar refractivity (Wildman–Crippen MR) is 103 cm³/mol. The van der Waals surface area contributed by atoms with E-state index in [1.807, 2.05) is 11.4 Å². The maximum Gasteiger partial charge on any atom is 0.232 e. The third kappa shape index (κ3) is 2.49. The number of halogens is 1. The zero-order chi connectivity index (χ0) is 16.4. The van der Waals surface area contributed by atoms with Gasteiger partial charge in [-0.2, -0.15) is 0 Å². The molecule has 4 fully saturated rings. The van der Waals surface area contributed by atoms with Gasteiger partial charge in [-0.1, -0.05) is 22.0 Å². The topological polar surface area (TPSA) is 42.0 Å². The molecule has 1 N–H and O–H groups in total. The normalized spacial score (nSPS) is 36.9. The molecule has 0 saturated heterocycles. The summed E-state index contributed by atoms with van der Waals surface area (Å²) in [6.07, 6.45) is 6.93. The number of anilines is 1. The van der Waals surface area contributed by atoms with Crippen molar-refractivity contribution in [1.29, 1.82) is 0 Å². The van der Waals surface area contributed by atoms with Crippen LogP contribution in [0.4, 0.5) is 5.13 Å². The predicted octanol–water partition coefficient (Wildman–Crippen LogP) is 5.54. The number of alkyl halides is 1. The second kappa shape index (κ2) is 5.39. The van der Waals surface area contributed by atoms with Gasteiger partial charge in [0.2, 0.25) is 5.91 Å². The summed E-state index contributed by atoms with van der Waals surface area (Å²) in [5.41, 5.74) is 0.787. The van der Waals surface area contributed by atoms with Crippen molar-refractivity contribution < 1.29 is 4.79 Å². The van der Waals surface area contributed by atoms with E-state index in [9.17, 15) is 4.79 Å². The monoisotopic (exact) mass is 422 g/mol. The number of carbonyl (C=O) groups excluding carboxylic acids is 1. The molecule has 24 heavy (non-hydrogen) atoms. The molecule has 0 aliphatic heterocycles. The molecule has 2 atom stereocenters. The average molecular weight is 423 g/mol. The van der Waals surface area contributed by atoms with Crippen LogP contribution in [0.1, 0.15) is 38.5 Å². The number of thiazole rings is 1. The second-order valence-corrected chi connectivity index (χ2v) is 11.3. The lowest BCUT2D eigenvalue weighted by Gasteiger charge is -2.59. The highest BCUT2D eigenvalue weighted by molar-refractivity contribution is 9.10. The highest BCUT2D eigenvalue weighted by Crippen LogP contribution is 2.64. The molecule has 6 rings (SSSR count). The lowest BCUT2D eigenvalue weighted by molar-refractivity contribution is -0.138. The Morgan fingerprint density at radius 2 is 2.04 bits per heavy atom. The fourth-order valence-electron chi connectivity index (χ4n) is 5.51. The van der Waals surface area contributed by atoms with Crippen LogP contribution in [-0.2, 0) is 4.79 Å². The van der Waals surface area contributed by atoms with E-state index in [4.69, 9.17) is 0 Å². The summed E-state index contributed by atoms with van der Waals surface area (Å²) < 4.78 is 0.208. The van der Waals surface area contributed by atoms with E-state index in [1.54, 1.807) is 11.3 Å². The zero-order valence-electron chi connectivity index (χ0n) is 13.3. The second-order valence-electron chi connectivity index (χ2n) is 7.86. The van der Waals surface area contributed by atoms with Gasteiger partial charge in [0.05, 0.1) is 16.0 Å². The Morgan fingerprint density at radius 3 is 2.71 bits per heavy atom. The molecule has 126 valence electrons. The van der Waals surface area contributed by atoms with Crippen molar-refractivity contribution in [3.8, 4) is 10.6 Å². The first kappa shape index (κ1) is 15.5. The molecule has 4 bridgehead atoms. The molecule has 2 heterocycles. The summed E-state index contributed by atoms with van der Waals surface area (Å²) in [5.74, 6) is 1.64. The maximum atomic E-state index is 13.1. The van der Waals surface area contributed by atoms with Crippen LogP contribution in [0.15, 0.2) is 22.9 Å². The molecule has 6 heteroatoms. The van der Waals surface area contributed by atoms with Crippen LogP contribution < -0.4 is 5.32 Å². The van der Waals surface area contributed by atoms with E-state index < -0.39 is 0 Å². The standard InChI is InChI=1S/C18H19BrN2OS2/c19-18-7-11-4-12(8-18)6-17(5-11,10-18)15(22)21-16-20-13(9-24-16)14-2-1-3-23-14/h1-3,9,11-12H,4-8,10H2,(H,20,21,22). The Labute approximate surface area is 158 Å². The van der Waals surface area contributed by atoms with Gasteiger partial charge in [-0.15, -0.1) is 22.7 Å². The fraction of sp³-hybridized carbons (Fsp3) is 0.556. The number of nitrogens with one attached hydrogen (secondary N) is 1. The number of nitrogens with zero attached hydrogens (tertiary/aromatic N) is 1. The van der Waals surface area contributed by atoms with Gasteiger partial charge in [0.25, 0.3) is 0 Å². The molecular weight excluding hydrogens is 404 g/mol. The minimum Gasteiger partial charge on any atom is -0.301 e. The van der Waals surface area contributed by atoms with Crippen molar-refractivity contribution in [2.45, 2.75) is 42.8 Å². The molecule has 2 aromatic rings. The smallest absolute Gasteiger partial charge is 0.232 e. The van der Waals surface area contributed by atoms with Gasteiger partial charge in [0, 0.05) is 9.70 Å². The third-order valence-corrected chi connectivity index (χ3v) is 8.55. The Balaban J connectivity index is 1.37. The summed E-state index contributed by atoms with van der Waals surface area (Å²) in [5, 5.41) is 7.98. The van der Waals surface area contributed by atoms with Crippen molar-refractivity contribution in [1.82, 2.24) is 4.98 Å². The molecule has 2 aromatic heterocycles. The van der Waals surface area contributed by atoms with Crippen LogP contribution in [0.5, 0.6) is 0 Å². The van der Waals surface area contributed by atoms with Crippen molar-refractivity contribution in [3.63, 3.8) is 0 Å². The Bertz CT molecular complexity index is 771. The molecule has 4 aliphatic rings. The van der Waals surface area contributed by atoms with Crippen molar-refractivity contribution in [2.24, 2.45) is 17.3 Å². The highest BCUT2D eigenvalue weighted by atomic mass is 79.9. The number of amides is 1. The number of thiophene rings is 1. The minimum absolute atomic E-state index is 0.178. The van der Waals surface area contributed by atoms with Gasteiger partial charge in [-0.25, -0.2) is 4.98 Å². The number of hydrogen-bond donors (Lipinski definition) is 1. The first-order valence-corrected chi connectivity index (χ1v) is 11.1. The Hall–Kier alpha value is -0.720. The van der Waals surface area contributed by atoms with E-state index in [1.165, 1.54) is 30.6 Å². The average Bonchev–Trinajstić information content (AvgIpc) is 3.14. The van der Waals surface area contributed by atoms with E-state index in [0.29, 0.717) is 11.8 Å². The van der Waals surface area contributed by atoms with Crippen LogP contribution in [0.3, 0.4) is 0 Å². The fourth-order valence-corrected chi connectivity index (χ4v) is 8.43. The molecule has 1 amide bonds. The van der Waals surface area contributed by atoms with Gasteiger partial charge in [0.15, 0.2) is 5.13 Å². The van der Waals surface area contributed by atoms with Crippen LogP contribution in [0.25, 0.3) is 10.6 Å². The van der Waals surface area contributed by atoms with Crippen LogP contribution in [-0.4, -0.2) is 15.2 Å². The van der Waals surface area contributed by atoms with E-state index in [2.05, 4.69) is 37.7 Å². The van der Waals surface area contributed by atoms with E-state index in [-0.39, 0.29) is 15.6 Å². The minimum atomic E-state index is -0.178. The van der Waals surface area contributed by atoms with Crippen LogP contribution in [0, 0.1) is 17.3 Å². The summed E-state index contributed by atoms with van der Waals surface area (Å²) in [6.45, 7) is 0. The SMILES string of the molecule is O=C(Nc1nc(-c2cccs2)cs1)C12CC3CC(CC(Br)(C3)C1)C2. The van der Waals surface area contributed by atoms with Crippen molar-refractivity contribution in [2.75, 3.05) is 5.32 Å².